The number of pyridine rings is 1. The van der Waals surface area contributed by atoms with Gasteiger partial charge in [0, 0.05) is 11.7 Å². The lowest BCUT2D eigenvalue weighted by molar-refractivity contribution is 0.0598. The fraction of sp³-hybridized carbons (Fsp3) is 0.455. The third-order valence-corrected chi connectivity index (χ3v) is 4.65. The average Bonchev–Trinajstić information content (AvgIpc) is 2.61. The molecule has 0 radical (unpaired) electrons. The highest BCUT2D eigenvalue weighted by Gasteiger charge is 2.23. The minimum Gasteiger partial charge on any atom is -0.465 e. The van der Waals surface area contributed by atoms with E-state index in [1.54, 1.807) is 0 Å². The number of aryl methyl sites for hydroxylation is 4. The van der Waals surface area contributed by atoms with Gasteiger partial charge in [0.05, 0.1) is 12.8 Å². The fourth-order valence-corrected chi connectivity index (χ4v) is 3.27. The Morgan fingerprint density at radius 1 is 1.07 bits per heavy atom. The molecule has 0 atom stereocenters. The molecule has 0 bridgehead atoms. The van der Waals surface area contributed by atoms with Crippen LogP contribution in [0.15, 0.2) is 18.2 Å². The van der Waals surface area contributed by atoms with E-state index in [0.717, 1.165) is 35.4 Å². The summed E-state index contributed by atoms with van der Waals surface area (Å²) in [6.45, 7) is 12.2. The molecule has 5 nitrogen and oxygen atoms in total. The van der Waals surface area contributed by atoms with Crippen molar-refractivity contribution < 1.29 is 14.3 Å². The highest BCUT2D eigenvalue weighted by molar-refractivity contribution is 5.98. The number of carbonyl (C=O) groups excluding carboxylic acids is 1. The van der Waals surface area contributed by atoms with Gasteiger partial charge in [-0.1, -0.05) is 31.5 Å². The molecule has 0 amide bonds. The predicted octanol–water partition coefficient (Wildman–Crippen LogP) is 5.49. The highest BCUT2D eigenvalue weighted by atomic mass is 16.5. The van der Waals surface area contributed by atoms with Gasteiger partial charge in [0.1, 0.15) is 11.3 Å². The second-order valence-corrected chi connectivity index (χ2v) is 6.97. The first-order valence-electron chi connectivity index (χ1n) is 9.42. The van der Waals surface area contributed by atoms with Crippen LogP contribution in [0.25, 0.3) is 0 Å². The van der Waals surface area contributed by atoms with Gasteiger partial charge in [0.15, 0.2) is 0 Å². The van der Waals surface area contributed by atoms with E-state index in [4.69, 9.17) is 9.47 Å². The predicted molar refractivity (Wildman–Crippen MR) is 109 cm³/mol. The molecule has 0 fully saturated rings. The van der Waals surface area contributed by atoms with Crippen LogP contribution < -0.4 is 10.1 Å². The molecule has 2 rings (SSSR count). The highest BCUT2D eigenvalue weighted by Crippen LogP contribution is 2.34. The van der Waals surface area contributed by atoms with E-state index in [9.17, 15) is 4.79 Å². The maximum absolute atomic E-state index is 12.6. The Morgan fingerprint density at radius 2 is 1.67 bits per heavy atom. The van der Waals surface area contributed by atoms with Gasteiger partial charge in [-0.05, 0) is 57.7 Å². The first-order valence-corrected chi connectivity index (χ1v) is 9.42. The average molecular weight is 370 g/mol. The van der Waals surface area contributed by atoms with E-state index in [1.807, 2.05) is 33.8 Å². The van der Waals surface area contributed by atoms with Crippen LogP contribution in [0.1, 0.15) is 59.4 Å². The number of anilines is 1. The van der Waals surface area contributed by atoms with Crippen LogP contribution in [0, 0.1) is 27.7 Å². The van der Waals surface area contributed by atoms with Crippen LogP contribution in [-0.4, -0.2) is 24.1 Å². The molecule has 5 heteroatoms. The number of benzene rings is 1. The Bertz CT molecular complexity index is 804. The lowest BCUT2D eigenvalue weighted by Gasteiger charge is -2.21. The van der Waals surface area contributed by atoms with Gasteiger partial charge >= 0.3 is 5.97 Å². The minimum absolute atomic E-state index is 0.255. The summed E-state index contributed by atoms with van der Waals surface area (Å²) >= 11 is 0. The second kappa shape index (κ2) is 8.89. The van der Waals surface area contributed by atoms with Crippen molar-refractivity contribution in [2.75, 3.05) is 12.4 Å². The van der Waals surface area contributed by atoms with Crippen LogP contribution >= 0.6 is 0 Å². The smallest absolute Gasteiger partial charge is 0.345 e. The van der Waals surface area contributed by atoms with Crippen LogP contribution in [0.5, 0.6) is 11.6 Å². The summed E-state index contributed by atoms with van der Waals surface area (Å²) < 4.78 is 11.2. The molecular weight excluding hydrogens is 340 g/mol. The molecular formula is C22H30N2O3. The van der Waals surface area contributed by atoms with Crippen molar-refractivity contribution in [2.45, 2.75) is 60.4 Å². The molecule has 1 aromatic carbocycles. The van der Waals surface area contributed by atoms with Crippen molar-refractivity contribution in [1.82, 2.24) is 4.98 Å². The van der Waals surface area contributed by atoms with Gasteiger partial charge in [-0.15, -0.1) is 0 Å². The first-order chi connectivity index (χ1) is 12.8. The Balaban J connectivity index is 2.58. The minimum atomic E-state index is -0.464. The molecule has 146 valence electrons. The summed E-state index contributed by atoms with van der Waals surface area (Å²) in [6.07, 6.45) is 1.90. The zero-order valence-electron chi connectivity index (χ0n) is 17.4. The summed E-state index contributed by atoms with van der Waals surface area (Å²) in [5, 5.41) is 3.45. The molecule has 27 heavy (non-hydrogen) atoms. The van der Waals surface area contributed by atoms with E-state index in [2.05, 4.69) is 36.3 Å². The summed E-state index contributed by atoms with van der Waals surface area (Å²) in [5.74, 6) is 0.524. The van der Waals surface area contributed by atoms with E-state index in [1.165, 1.54) is 12.7 Å². The number of esters is 1. The molecule has 1 heterocycles. The van der Waals surface area contributed by atoms with Gasteiger partial charge in [-0.25, -0.2) is 9.78 Å². The SMILES string of the molecule is CCC(CC)Nc1cc(C)nc(Oc2c(C)cc(C)cc2C)c1C(=O)OC. The maximum atomic E-state index is 12.6. The zero-order valence-corrected chi connectivity index (χ0v) is 17.4. The third-order valence-electron chi connectivity index (χ3n) is 4.65. The second-order valence-electron chi connectivity index (χ2n) is 6.97. The van der Waals surface area contributed by atoms with Gasteiger partial charge in [-0.2, -0.15) is 0 Å². The van der Waals surface area contributed by atoms with E-state index in [0.29, 0.717) is 11.3 Å². The number of ether oxygens (including phenoxy) is 2. The van der Waals surface area contributed by atoms with Crippen molar-refractivity contribution >= 4 is 11.7 Å². The Kier molecular flexibility index (Phi) is 6.83. The molecule has 0 aliphatic carbocycles. The zero-order chi connectivity index (χ0) is 20.1. The fourth-order valence-electron chi connectivity index (χ4n) is 3.27. The van der Waals surface area contributed by atoms with Crippen LogP contribution in [0.4, 0.5) is 5.69 Å². The van der Waals surface area contributed by atoms with Gasteiger partial charge in [0.2, 0.25) is 5.88 Å². The summed E-state index contributed by atoms with van der Waals surface area (Å²) in [6, 6.07) is 6.23. The monoisotopic (exact) mass is 370 g/mol. The number of methoxy groups -OCH3 is 1. The van der Waals surface area contributed by atoms with Gasteiger partial charge in [0.25, 0.3) is 0 Å². The Hall–Kier alpha value is -2.56. The Labute approximate surface area is 162 Å². The van der Waals surface area contributed by atoms with Crippen molar-refractivity contribution in [3.63, 3.8) is 0 Å². The number of hydrogen-bond acceptors (Lipinski definition) is 5. The molecule has 0 spiro atoms. The molecule has 0 aliphatic heterocycles. The largest absolute Gasteiger partial charge is 0.465 e. The van der Waals surface area contributed by atoms with Crippen molar-refractivity contribution in [1.29, 1.82) is 0 Å². The first kappa shape index (κ1) is 20.7. The molecule has 1 aromatic heterocycles. The topological polar surface area (TPSA) is 60.5 Å². The number of aromatic nitrogens is 1. The number of nitrogens with zero attached hydrogens (tertiary/aromatic N) is 1. The Morgan fingerprint density at radius 3 is 2.19 bits per heavy atom. The lowest BCUT2D eigenvalue weighted by Crippen LogP contribution is -2.20. The molecule has 0 aliphatic rings. The van der Waals surface area contributed by atoms with Crippen molar-refractivity contribution in [3.8, 4) is 11.6 Å². The number of nitrogens with one attached hydrogen (secondary N) is 1. The molecule has 1 N–H and O–H groups in total. The maximum Gasteiger partial charge on any atom is 0.345 e. The number of rotatable bonds is 7. The number of hydrogen-bond donors (Lipinski definition) is 1. The molecule has 0 saturated heterocycles. The molecule has 0 saturated carbocycles. The van der Waals surface area contributed by atoms with Crippen molar-refractivity contribution in [3.05, 3.63) is 46.1 Å². The third kappa shape index (κ3) is 4.79. The van der Waals surface area contributed by atoms with Crippen molar-refractivity contribution in [2.24, 2.45) is 0 Å². The van der Waals surface area contributed by atoms with Crippen LogP contribution in [-0.2, 0) is 4.74 Å². The normalized spacial score (nSPS) is 10.8. The number of carbonyl (C=O) groups is 1. The van der Waals surface area contributed by atoms with E-state index >= 15 is 0 Å². The van der Waals surface area contributed by atoms with Gasteiger partial charge < -0.3 is 14.8 Å². The summed E-state index contributed by atoms with van der Waals surface area (Å²) in [5.41, 5.74) is 4.96. The van der Waals surface area contributed by atoms with Crippen LogP contribution in [0.2, 0.25) is 0 Å². The summed E-state index contributed by atoms with van der Waals surface area (Å²) in [4.78, 5) is 17.1. The quantitative estimate of drug-likeness (QED) is 0.653. The standard InChI is InChI=1S/C22H30N2O3/c1-8-17(9-2)24-18-12-16(6)23-21(19(18)22(25)26-7)27-20-14(4)10-13(3)11-15(20)5/h10-12,17H,8-9H2,1-7H3,(H,23,24). The lowest BCUT2D eigenvalue weighted by atomic mass is 10.1. The molecule has 2 aromatic rings. The van der Waals surface area contributed by atoms with E-state index in [-0.39, 0.29) is 11.9 Å². The molecule has 0 unspecified atom stereocenters. The van der Waals surface area contributed by atoms with Gasteiger partial charge in [-0.3, -0.25) is 0 Å². The summed E-state index contributed by atoms with van der Waals surface area (Å²) in [7, 11) is 1.37. The van der Waals surface area contributed by atoms with E-state index < -0.39 is 5.97 Å². The van der Waals surface area contributed by atoms with Crippen LogP contribution in [0.3, 0.4) is 0 Å².